The lowest BCUT2D eigenvalue weighted by Crippen LogP contribution is -2.57. The molecule has 1 aliphatic carbocycles. The van der Waals surface area contributed by atoms with Crippen LogP contribution >= 0.6 is 11.6 Å². The van der Waals surface area contributed by atoms with Gasteiger partial charge in [0.1, 0.15) is 0 Å². The second-order valence-corrected chi connectivity index (χ2v) is 12.1. The number of likely N-dealkylation sites (tertiary alicyclic amines) is 1. The number of halogens is 4. The van der Waals surface area contributed by atoms with Crippen LogP contribution in [0.1, 0.15) is 42.1 Å². The molecule has 3 heterocycles. The number of rotatable bonds is 8. The van der Waals surface area contributed by atoms with Gasteiger partial charge in [0.2, 0.25) is 23.8 Å². The second kappa shape index (κ2) is 13.2. The SMILES string of the molecule is CC(=O)/N=C(\N1CCC1)N1CCN(C(=O)c2ccc(Nc3nc(NC4(c5ccc(Cl)cc5)CC4)nc(OCC(F)(F)F)n3)cc2)CC1. The Labute approximate surface area is 274 Å². The number of nitrogens with zero attached hydrogens (tertiary/aromatic N) is 7. The van der Waals surface area contributed by atoms with Crippen molar-refractivity contribution in [2.24, 2.45) is 4.99 Å². The molecule has 0 unspecified atom stereocenters. The lowest BCUT2D eigenvalue weighted by molar-refractivity contribution is -0.154. The van der Waals surface area contributed by atoms with Crippen LogP contribution in [0.4, 0.5) is 30.8 Å². The lowest BCUT2D eigenvalue weighted by atomic mass is 10.1. The van der Waals surface area contributed by atoms with Crippen LogP contribution < -0.4 is 15.4 Å². The van der Waals surface area contributed by atoms with Gasteiger partial charge in [-0.2, -0.15) is 33.1 Å². The average molecular weight is 672 g/mol. The summed E-state index contributed by atoms with van der Waals surface area (Å²) in [5.41, 5.74) is 1.42. The van der Waals surface area contributed by atoms with E-state index in [4.69, 9.17) is 16.3 Å². The molecule has 2 aromatic carbocycles. The van der Waals surface area contributed by atoms with E-state index in [1.54, 1.807) is 41.3 Å². The van der Waals surface area contributed by atoms with Crippen LogP contribution in [0.25, 0.3) is 0 Å². The molecule has 3 fully saturated rings. The van der Waals surface area contributed by atoms with Crippen LogP contribution in [0.2, 0.25) is 5.02 Å². The molecule has 16 heteroatoms. The number of ether oxygens (including phenoxy) is 1. The van der Waals surface area contributed by atoms with E-state index in [0.29, 0.717) is 48.4 Å². The van der Waals surface area contributed by atoms with Gasteiger partial charge in [-0.15, -0.1) is 0 Å². The smallest absolute Gasteiger partial charge is 0.422 e. The third-order valence-electron chi connectivity index (χ3n) is 8.11. The van der Waals surface area contributed by atoms with Crippen LogP contribution in [0, 0.1) is 0 Å². The molecule has 2 saturated heterocycles. The number of carbonyl (C=O) groups excluding carboxylic acids is 2. The molecule has 0 spiro atoms. The standard InChI is InChI=1S/C31H33ClF3N9O3/c1-20(45)36-29(43-13-2-14-43)44-17-15-42(16-18-44)25(46)21-3-9-24(10-4-21)37-26-38-27(40-28(39-26)47-19-31(33,34)35)41-30(11-12-30)22-5-7-23(32)8-6-22/h3-10H,2,11-19H2,1H3,(H2,37,38,39,40,41)/b36-29+. The topological polar surface area (TPSA) is 128 Å². The van der Waals surface area contributed by atoms with Crippen molar-refractivity contribution in [3.05, 3.63) is 64.7 Å². The molecule has 0 radical (unpaired) electrons. The van der Waals surface area contributed by atoms with E-state index >= 15 is 0 Å². The summed E-state index contributed by atoms with van der Waals surface area (Å²) < 4.78 is 43.6. The Hall–Kier alpha value is -4.66. The van der Waals surface area contributed by atoms with Crippen molar-refractivity contribution >= 4 is 47.0 Å². The summed E-state index contributed by atoms with van der Waals surface area (Å²) in [6.07, 6.45) is -2.00. The molecule has 3 aliphatic rings. The fourth-order valence-corrected chi connectivity index (χ4v) is 5.51. The van der Waals surface area contributed by atoms with Crippen molar-refractivity contribution in [3.8, 4) is 6.01 Å². The van der Waals surface area contributed by atoms with Gasteiger partial charge in [-0.1, -0.05) is 23.7 Å². The Morgan fingerprint density at radius 3 is 2.09 bits per heavy atom. The van der Waals surface area contributed by atoms with Gasteiger partial charge in [0, 0.05) is 62.5 Å². The highest BCUT2D eigenvalue weighted by Crippen LogP contribution is 2.48. The first-order valence-corrected chi connectivity index (χ1v) is 15.6. The Balaban J connectivity index is 1.12. The summed E-state index contributed by atoms with van der Waals surface area (Å²) >= 11 is 6.04. The molecule has 12 nitrogen and oxygen atoms in total. The summed E-state index contributed by atoms with van der Waals surface area (Å²) in [7, 11) is 0. The predicted molar refractivity (Wildman–Crippen MR) is 169 cm³/mol. The largest absolute Gasteiger partial charge is 0.454 e. The molecular weight excluding hydrogens is 639 g/mol. The molecule has 1 saturated carbocycles. The van der Waals surface area contributed by atoms with Crippen LogP contribution in [-0.4, -0.2) is 99.5 Å². The van der Waals surface area contributed by atoms with E-state index in [2.05, 4.69) is 35.5 Å². The molecule has 0 bridgehead atoms. The number of aliphatic imine (C=N–C) groups is 1. The minimum atomic E-state index is -4.58. The van der Waals surface area contributed by atoms with E-state index in [9.17, 15) is 22.8 Å². The normalized spacial score (nSPS) is 17.6. The van der Waals surface area contributed by atoms with Gasteiger partial charge in [-0.25, -0.2) is 0 Å². The summed E-state index contributed by atoms with van der Waals surface area (Å²) in [5, 5.41) is 6.80. The first kappa shape index (κ1) is 32.3. The molecule has 0 atom stereocenters. The van der Waals surface area contributed by atoms with Crippen molar-refractivity contribution in [1.29, 1.82) is 0 Å². The minimum absolute atomic E-state index is 0.0352. The van der Waals surface area contributed by atoms with Gasteiger partial charge in [-0.3, -0.25) is 9.59 Å². The molecule has 2 N–H and O–H groups in total. The predicted octanol–water partition coefficient (Wildman–Crippen LogP) is 4.68. The van der Waals surface area contributed by atoms with Crippen molar-refractivity contribution < 1.29 is 27.5 Å². The maximum absolute atomic E-state index is 13.3. The number of carbonyl (C=O) groups is 2. The quantitative estimate of drug-likeness (QED) is 0.258. The van der Waals surface area contributed by atoms with Crippen molar-refractivity contribution in [2.45, 2.75) is 37.9 Å². The zero-order valence-electron chi connectivity index (χ0n) is 25.6. The van der Waals surface area contributed by atoms with Gasteiger partial charge < -0.3 is 30.1 Å². The van der Waals surface area contributed by atoms with E-state index < -0.39 is 24.3 Å². The summed E-state index contributed by atoms with van der Waals surface area (Å²) in [4.78, 5) is 47.5. The van der Waals surface area contributed by atoms with Gasteiger partial charge in [0.05, 0.1) is 5.54 Å². The highest BCUT2D eigenvalue weighted by Gasteiger charge is 2.45. The molecule has 2 aliphatic heterocycles. The van der Waals surface area contributed by atoms with E-state index in [-0.39, 0.29) is 23.7 Å². The van der Waals surface area contributed by atoms with Crippen molar-refractivity contribution in [2.75, 3.05) is 56.5 Å². The lowest BCUT2D eigenvalue weighted by Gasteiger charge is -2.43. The van der Waals surface area contributed by atoms with Gasteiger partial charge >= 0.3 is 12.2 Å². The Kier molecular flexibility index (Phi) is 9.08. The number of benzene rings is 2. The van der Waals surface area contributed by atoms with E-state index in [0.717, 1.165) is 37.9 Å². The van der Waals surface area contributed by atoms with E-state index in [1.807, 2.05) is 17.0 Å². The molecule has 248 valence electrons. The highest BCUT2D eigenvalue weighted by atomic mass is 35.5. The first-order chi connectivity index (χ1) is 22.5. The molecule has 1 aromatic heterocycles. The molecule has 3 aromatic rings. The first-order valence-electron chi connectivity index (χ1n) is 15.2. The Bertz CT molecular complexity index is 1640. The monoisotopic (exact) mass is 671 g/mol. The van der Waals surface area contributed by atoms with Crippen LogP contribution in [0.3, 0.4) is 0 Å². The van der Waals surface area contributed by atoms with Gasteiger partial charge in [0.25, 0.3) is 5.91 Å². The van der Waals surface area contributed by atoms with Crippen LogP contribution in [0.5, 0.6) is 6.01 Å². The number of nitrogens with one attached hydrogen (secondary N) is 2. The van der Waals surface area contributed by atoms with Crippen LogP contribution in [-0.2, 0) is 10.3 Å². The van der Waals surface area contributed by atoms with Crippen molar-refractivity contribution in [1.82, 2.24) is 29.7 Å². The number of amides is 2. The molecule has 6 rings (SSSR count). The maximum Gasteiger partial charge on any atom is 0.422 e. The molecular formula is C31H33ClF3N9O3. The Morgan fingerprint density at radius 2 is 1.51 bits per heavy atom. The fraction of sp³-hybridized carbons (Fsp3) is 0.419. The summed E-state index contributed by atoms with van der Waals surface area (Å²) in [5.74, 6) is 0.290. The highest BCUT2D eigenvalue weighted by molar-refractivity contribution is 6.30. The zero-order valence-corrected chi connectivity index (χ0v) is 26.3. The third-order valence-corrected chi connectivity index (χ3v) is 8.36. The molecule has 47 heavy (non-hydrogen) atoms. The number of hydrogen-bond donors (Lipinski definition) is 2. The minimum Gasteiger partial charge on any atom is -0.454 e. The number of aromatic nitrogens is 3. The second-order valence-electron chi connectivity index (χ2n) is 11.6. The van der Waals surface area contributed by atoms with E-state index in [1.165, 1.54) is 6.92 Å². The zero-order chi connectivity index (χ0) is 33.2. The maximum atomic E-state index is 13.3. The van der Waals surface area contributed by atoms with Gasteiger partial charge in [0.15, 0.2) is 6.61 Å². The number of hydrogen-bond acceptors (Lipinski definition) is 8. The third kappa shape index (κ3) is 8.02. The number of piperazine rings is 1. The summed E-state index contributed by atoms with van der Waals surface area (Å²) in [6, 6.07) is 13.4. The van der Waals surface area contributed by atoms with Crippen molar-refractivity contribution in [3.63, 3.8) is 0 Å². The summed E-state index contributed by atoms with van der Waals surface area (Å²) in [6.45, 7) is 3.66. The Morgan fingerprint density at radius 1 is 0.894 bits per heavy atom. The number of guanidine groups is 1. The van der Waals surface area contributed by atoms with Gasteiger partial charge in [-0.05, 0) is 61.2 Å². The number of anilines is 3. The average Bonchev–Trinajstić information content (AvgIpc) is 3.79. The molecule has 2 amide bonds. The number of alkyl halides is 3. The fourth-order valence-electron chi connectivity index (χ4n) is 5.39. The van der Waals surface area contributed by atoms with Crippen LogP contribution in [0.15, 0.2) is 53.5 Å².